The first kappa shape index (κ1) is 18.8. The molecule has 1 saturated heterocycles. The summed E-state index contributed by atoms with van der Waals surface area (Å²) in [5, 5.41) is 0. The molecule has 7 heteroatoms. The van der Waals surface area contributed by atoms with Crippen LogP contribution in [0.15, 0.2) is 30.3 Å². The molecular formula is C19H22F3NO3. The van der Waals surface area contributed by atoms with Gasteiger partial charge in [0.15, 0.2) is 0 Å². The molecule has 0 aromatic heterocycles. The number of nitrogens with zero attached hydrogens (tertiary/aromatic N) is 1. The van der Waals surface area contributed by atoms with Crippen LogP contribution in [0.5, 0.6) is 0 Å². The molecule has 2 bridgehead atoms. The Kier molecular flexibility index (Phi) is 4.77. The fraction of sp³-hybridized carbons (Fsp3) is 0.526. The Hall–Kier alpha value is -2.02. The number of alkyl halides is 3. The van der Waals surface area contributed by atoms with Gasteiger partial charge in [0, 0.05) is 0 Å². The summed E-state index contributed by atoms with van der Waals surface area (Å²) in [5.74, 6) is 0. The summed E-state index contributed by atoms with van der Waals surface area (Å²) in [6.45, 7) is 6.03. The number of amides is 1. The van der Waals surface area contributed by atoms with Gasteiger partial charge in [-0.15, -0.1) is 0 Å². The van der Waals surface area contributed by atoms with E-state index in [1.165, 1.54) is 6.07 Å². The lowest BCUT2D eigenvalue weighted by atomic mass is 9.89. The molecule has 2 aliphatic heterocycles. The fourth-order valence-corrected chi connectivity index (χ4v) is 3.30. The lowest BCUT2D eigenvalue weighted by Crippen LogP contribution is -2.57. The monoisotopic (exact) mass is 369 g/mol. The van der Waals surface area contributed by atoms with E-state index in [-0.39, 0.29) is 12.1 Å². The van der Waals surface area contributed by atoms with Crippen LogP contribution in [-0.4, -0.2) is 41.9 Å². The number of hydrogen-bond donors (Lipinski definition) is 0. The van der Waals surface area contributed by atoms with Gasteiger partial charge in [-0.05, 0) is 50.5 Å². The molecule has 0 N–H and O–H groups in total. The van der Waals surface area contributed by atoms with Gasteiger partial charge in [0.25, 0.3) is 0 Å². The smallest absolute Gasteiger partial charge is 0.416 e. The van der Waals surface area contributed by atoms with Crippen LogP contribution in [-0.2, 0) is 15.7 Å². The molecule has 0 aliphatic carbocycles. The largest absolute Gasteiger partial charge is 0.444 e. The maximum absolute atomic E-state index is 13.0. The SMILES string of the molecule is CC(C)(C)OC(=O)N1C2C=C(c3cccc(C(F)(F)F)c3)CC1COC2. The molecule has 2 aliphatic rings. The topological polar surface area (TPSA) is 38.8 Å². The van der Waals surface area contributed by atoms with Gasteiger partial charge in [0.05, 0.1) is 30.9 Å². The molecule has 142 valence electrons. The van der Waals surface area contributed by atoms with Crippen LogP contribution in [0.25, 0.3) is 5.57 Å². The van der Waals surface area contributed by atoms with Gasteiger partial charge in [-0.25, -0.2) is 4.79 Å². The number of morpholine rings is 1. The Morgan fingerprint density at radius 1 is 1.23 bits per heavy atom. The molecule has 0 saturated carbocycles. The third-order valence-electron chi connectivity index (χ3n) is 4.36. The highest BCUT2D eigenvalue weighted by molar-refractivity contribution is 5.75. The second kappa shape index (κ2) is 6.61. The average Bonchev–Trinajstić information content (AvgIpc) is 2.51. The van der Waals surface area contributed by atoms with Crippen LogP contribution in [0.3, 0.4) is 0 Å². The van der Waals surface area contributed by atoms with E-state index in [9.17, 15) is 18.0 Å². The molecule has 26 heavy (non-hydrogen) atoms. The fourth-order valence-electron chi connectivity index (χ4n) is 3.30. The normalized spacial score (nSPS) is 23.5. The van der Waals surface area contributed by atoms with Crippen molar-refractivity contribution in [3.8, 4) is 0 Å². The number of ether oxygens (including phenoxy) is 2. The number of rotatable bonds is 1. The predicted molar refractivity (Wildman–Crippen MR) is 90.5 cm³/mol. The number of hydrogen-bond acceptors (Lipinski definition) is 3. The number of halogens is 3. The number of fused-ring (bicyclic) bond motifs is 2. The summed E-state index contributed by atoms with van der Waals surface area (Å²) in [7, 11) is 0. The van der Waals surface area contributed by atoms with Crippen LogP contribution < -0.4 is 0 Å². The molecule has 2 unspecified atom stereocenters. The summed E-state index contributed by atoms with van der Waals surface area (Å²) >= 11 is 0. The van der Waals surface area contributed by atoms with Gasteiger partial charge in [-0.3, -0.25) is 4.90 Å². The van der Waals surface area contributed by atoms with Crippen LogP contribution >= 0.6 is 0 Å². The van der Waals surface area contributed by atoms with Crippen molar-refractivity contribution in [3.05, 3.63) is 41.5 Å². The lowest BCUT2D eigenvalue weighted by Gasteiger charge is -2.44. The summed E-state index contributed by atoms with van der Waals surface area (Å²) in [5.41, 5.74) is 0.0405. The molecule has 2 atom stereocenters. The summed E-state index contributed by atoms with van der Waals surface area (Å²) in [4.78, 5) is 14.2. The van der Waals surface area contributed by atoms with E-state index in [0.717, 1.165) is 17.7 Å². The van der Waals surface area contributed by atoms with Gasteiger partial charge in [-0.1, -0.05) is 18.2 Å². The van der Waals surface area contributed by atoms with E-state index in [4.69, 9.17) is 9.47 Å². The van der Waals surface area contributed by atoms with Crippen LogP contribution in [0.2, 0.25) is 0 Å². The molecule has 4 nitrogen and oxygen atoms in total. The van der Waals surface area contributed by atoms with Crippen molar-refractivity contribution in [2.45, 2.75) is 51.1 Å². The number of carbonyl (C=O) groups is 1. The Bertz CT molecular complexity index is 721. The zero-order valence-electron chi connectivity index (χ0n) is 15.0. The highest BCUT2D eigenvalue weighted by Crippen LogP contribution is 2.36. The maximum Gasteiger partial charge on any atom is 0.416 e. The quantitative estimate of drug-likeness (QED) is 0.732. The van der Waals surface area contributed by atoms with E-state index in [1.807, 2.05) is 6.08 Å². The average molecular weight is 369 g/mol. The van der Waals surface area contributed by atoms with Crippen molar-refractivity contribution >= 4 is 11.7 Å². The first-order chi connectivity index (χ1) is 12.0. The highest BCUT2D eigenvalue weighted by Gasteiger charge is 2.40. The minimum atomic E-state index is -4.38. The molecule has 2 heterocycles. The van der Waals surface area contributed by atoms with Crippen molar-refractivity contribution < 1.29 is 27.4 Å². The standard InChI is InChI=1S/C19H22F3NO3/c1-18(2,3)26-17(24)23-15-8-13(9-16(23)11-25-10-15)12-5-4-6-14(7-12)19(20,21)22/h4-8,15-16H,9-11H2,1-3H3. The molecule has 1 aromatic rings. The van der Waals surface area contributed by atoms with Gasteiger partial charge in [-0.2, -0.15) is 13.2 Å². The minimum absolute atomic E-state index is 0.252. The second-order valence-corrected chi connectivity index (χ2v) is 7.62. The molecule has 0 radical (unpaired) electrons. The van der Waals surface area contributed by atoms with Crippen molar-refractivity contribution in [2.24, 2.45) is 0 Å². The third kappa shape index (κ3) is 4.03. The number of carbonyl (C=O) groups excluding carboxylic acids is 1. The molecule has 0 spiro atoms. The van der Waals surface area contributed by atoms with Crippen molar-refractivity contribution in [2.75, 3.05) is 13.2 Å². The molecule has 1 amide bonds. The molecule has 1 aromatic carbocycles. The van der Waals surface area contributed by atoms with Gasteiger partial charge in [0.2, 0.25) is 0 Å². The van der Waals surface area contributed by atoms with Gasteiger partial charge in [0.1, 0.15) is 5.60 Å². The lowest BCUT2D eigenvalue weighted by molar-refractivity contribution is -0.137. The van der Waals surface area contributed by atoms with Crippen molar-refractivity contribution in [1.82, 2.24) is 4.90 Å². The second-order valence-electron chi connectivity index (χ2n) is 7.62. The third-order valence-corrected chi connectivity index (χ3v) is 4.36. The zero-order chi connectivity index (χ0) is 19.1. The van der Waals surface area contributed by atoms with Crippen LogP contribution in [0, 0.1) is 0 Å². The van der Waals surface area contributed by atoms with Crippen molar-refractivity contribution in [1.29, 1.82) is 0 Å². The molecule has 3 rings (SSSR count). The summed E-state index contributed by atoms with van der Waals surface area (Å²) < 4.78 is 50.0. The van der Waals surface area contributed by atoms with E-state index < -0.39 is 23.4 Å². The van der Waals surface area contributed by atoms with Crippen LogP contribution in [0.4, 0.5) is 18.0 Å². The maximum atomic E-state index is 13.0. The van der Waals surface area contributed by atoms with E-state index in [1.54, 1.807) is 31.7 Å². The summed E-state index contributed by atoms with van der Waals surface area (Å²) in [6, 6.07) is 4.70. The van der Waals surface area contributed by atoms with E-state index in [0.29, 0.717) is 25.2 Å². The Balaban J connectivity index is 1.88. The Labute approximate surface area is 150 Å². The van der Waals surface area contributed by atoms with Crippen LogP contribution in [0.1, 0.15) is 38.3 Å². The summed E-state index contributed by atoms with van der Waals surface area (Å²) in [6.07, 6.45) is -2.56. The predicted octanol–water partition coefficient (Wildman–Crippen LogP) is 4.50. The first-order valence-electron chi connectivity index (χ1n) is 8.52. The number of benzene rings is 1. The van der Waals surface area contributed by atoms with E-state index in [2.05, 4.69) is 0 Å². The minimum Gasteiger partial charge on any atom is -0.444 e. The Morgan fingerprint density at radius 2 is 1.96 bits per heavy atom. The van der Waals surface area contributed by atoms with Gasteiger partial charge < -0.3 is 9.47 Å². The highest BCUT2D eigenvalue weighted by atomic mass is 19.4. The first-order valence-corrected chi connectivity index (χ1v) is 8.52. The van der Waals surface area contributed by atoms with E-state index >= 15 is 0 Å². The molecular weight excluding hydrogens is 347 g/mol. The Morgan fingerprint density at radius 3 is 2.58 bits per heavy atom. The van der Waals surface area contributed by atoms with Gasteiger partial charge >= 0.3 is 12.3 Å². The van der Waals surface area contributed by atoms with Crippen molar-refractivity contribution in [3.63, 3.8) is 0 Å². The molecule has 1 fully saturated rings. The zero-order valence-corrected chi connectivity index (χ0v) is 15.0.